The van der Waals surface area contributed by atoms with E-state index in [0.29, 0.717) is 11.4 Å². The molecule has 0 aromatic heterocycles. The molecule has 0 radical (unpaired) electrons. The van der Waals surface area contributed by atoms with Gasteiger partial charge in [-0.15, -0.1) is 11.8 Å². The summed E-state index contributed by atoms with van der Waals surface area (Å²) in [7, 11) is 0. The molecule has 0 spiro atoms. The third kappa shape index (κ3) is 4.43. The zero-order valence-electron chi connectivity index (χ0n) is 14.4. The smallest absolute Gasteiger partial charge is 0.308 e. The number of nitrogens with one attached hydrogen (secondary N) is 2. The SMILES string of the molecule is CC(=O)Oc1ccc(NC(=O)CC2Sc3cc(C)ccc3NC2=O)cc1. The van der Waals surface area contributed by atoms with Crippen molar-refractivity contribution >= 4 is 40.9 Å². The minimum Gasteiger partial charge on any atom is -0.427 e. The third-order valence-corrected chi connectivity index (χ3v) is 4.98. The molecular weight excluding hydrogens is 352 g/mol. The average Bonchev–Trinajstić information content (AvgIpc) is 2.57. The number of aryl methyl sites for hydroxylation is 1. The molecule has 26 heavy (non-hydrogen) atoms. The van der Waals surface area contributed by atoms with E-state index < -0.39 is 11.2 Å². The summed E-state index contributed by atoms with van der Waals surface area (Å²) in [6, 6.07) is 12.3. The third-order valence-electron chi connectivity index (χ3n) is 3.73. The van der Waals surface area contributed by atoms with Crippen LogP contribution in [0, 0.1) is 6.92 Å². The van der Waals surface area contributed by atoms with Crippen LogP contribution >= 0.6 is 11.8 Å². The van der Waals surface area contributed by atoms with Crippen LogP contribution in [0.15, 0.2) is 47.4 Å². The lowest BCUT2D eigenvalue weighted by atomic mass is 10.2. The first-order valence-electron chi connectivity index (χ1n) is 8.07. The summed E-state index contributed by atoms with van der Waals surface area (Å²) in [6.07, 6.45) is 0.0651. The first kappa shape index (κ1) is 18.0. The molecule has 1 unspecified atom stereocenters. The number of esters is 1. The Morgan fingerprint density at radius 3 is 2.62 bits per heavy atom. The highest BCUT2D eigenvalue weighted by Crippen LogP contribution is 2.37. The fourth-order valence-electron chi connectivity index (χ4n) is 2.54. The van der Waals surface area contributed by atoms with Crippen molar-refractivity contribution in [1.29, 1.82) is 0 Å². The minimum absolute atomic E-state index is 0.0651. The number of ether oxygens (including phenoxy) is 1. The summed E-state index contributed by atoms with van der Waals surface area (Å²) in [6.45, 7) is 3.31. The second-order valence-corrected chi connectivity index (χ2v) is 7.21. The Balaban J connectivity index is 1.61. The quantitative estimate of drug-likeness (QED) is 0.637. The van der Waals surface area contributed by atoms with Gasteiger partial charge in [0.2, 0.25) is 11.8 Å². The average molecular weight is 370 g/mol. The molecule has 2 aromatic rings. The second-order valence-electron chi connectivity index (χ2n) is 5.97. The van der Waals surface area contributed by atoms with Crippen LogP contribution in [0.4, 0.5) is 11.4 Å². The largest absolute Gasteiger partial charge is 0.427 e. The van der Waals surface area contributed by atoms with Gasteiger partial charge in [0.1, 0.15) is 5.75 Å². The second kappa shape index (κ2) is 7.61. The van der Waals surface area contributed by atoms with Gasteiger partial charge >= 0.3 is 5.97 Å². The van der Waals surface area contributed by atoms with Crippen molar-refractivity contribution in [2.24, 2.45) is 0 Å². The predicted molar refractivity (Wildman–Crippen MR) is 100 cm³/mol. The van der Waals surface area contributed by atoms with Crippen LogP contribution in [-0.2, 0) is 14.4 Å². The molecule has 2 aromatic carbocycles. The van der Waals surface area contributed by atoms with Crippen molar-refractivity contribution in [1.82, 2.24) is 0 Å². The first-order chi connectivity index (χ1) is 12.4. The molecule has 3 rings (SSSR count). The number of hydrogen-bond donors (Lipinski definition) is 2. The lowest BCUT2D eigenvalue weighted by Crippen LogP contribution is -2.32. The summed E-state index contributed by atoms with van der Waals surface area (Å²) in [5.41, 5.74) is 2.45. The molecule has 0 aliphatic carbocycles. The van der Waals surface area contributed by atoms with Crippen LogP contribution in [-0.4, -0.2) is 23.0 Å². The zero-order chi connectivity index (χ0) is 18.7. The van der Waals surface area contributed by atoms with Gasteiger partial charge in [-0.2, -0.15) is 0 Å². The van der Waals surface area contributed by atoms with Gasteiger partial charge in [0.15, 0.2) is 0 Å². The van der Waals surface area contributed by atoms with Crippen molar-refractivity contribution < 1.29 is 19.1 Å². The maximum absolute atomic E-state index is 12.3. The number of amides is 2. The fourth-order valence-corrected chi connectivity index (χ4v) is 3.74. The van der Waals surface area contributed by atoms with E-state index in [1.54, 1.807) is 24.3 Å². The van der Waals surface area contributed by atoms with Gasteiger partial charge < -0.3 is 15.4 Å². The van der Waals surface area contributed by atoms with Crippen LogP contribution in [0.2, 0.25) is 0 Å². The summed E-state index contributed by atoms with van der Waals surface area (Å²) in [4.78, 5) is 36.4. The van der Waals surface area contributed by atoms with Crippen molar-refractivity contribution in [2.75, 3.05) is 10.6 Å². The van der Waals surface area contributed by atoms with E-state index in [9.17, 15) is 14.4 Å². The van der Waals surface area contributed by atoms with Crippen molar-refractivity contribution in [3.05, 3.63) is 48.0 Å². The standard InChI is InChI=1S/C19H18N2O4S/c1-11-3-8-15-16(9-11)26-17(19(24)21-15)10-18(23)20-13-4-6-14(7-5-13)25-12(2)22/h3-9,17H,10H2,1-2H3,(H,20,23)(H,21,24). The van der Waals surface area contributed by atoms with Crippen molar-refractivity contribution in [2.45, 2.75) is 30.4 Å². The van der Waals surface area contributed by atoms with Gasteiger partial charge in [-0.05, 0) is 48.9 Å². The first-order valence-corrected chi connectivity index (χ1v) is 8.95. The molecule has 134 valence electrons. The summed E-state index contributed by atoms with van der Waals surface area (Å²) in [5, 5.41) is 5.11. The summed E-state index contributed by atoms with van der Waals surface area (Å²) in [5.74, 6) is -0.428. The van der Waals surface area contributed by atoms with Gasteiger partial charge in [0, 0.05) is 23.9 Å². The van der Waals surface area contributed by atoms with E-state index in [-0.39, 0.29) is 18.2 Å². The highest BCUT2D eigenvalue weighted by atomic mass is 32.2. The molecule has 6 nitrogen and oxygen atoms in total. The molecule has 0 saturated heterocycles. The Hall–Kier alpha value is -2.80. The number of anilines is 2. The molecule has 7 heteroatoms. The molecule has 0 bridgehead atoms. The van der Waals surface area contributed by atoms with Gasteiger partial charge in [-0.3, -0.25) is 14.4 Å². The van der Waals surface area contributed by atoms with E-state index in [0.717, 1.165) is 16.1 Å². The van der Waals surface area contributed by atoms with E-state index in [1.807, 2.05) is 25.1 Å². The maximum atomic E-state index is 12.3. The van der Waals surface area contributed by atoms with Gasteiger partial charge in [-0.25, -0.2) is 0 Å². The van der Waals surface area contributed by atoms with E-state index in [2.05, 4.69) is 10.6 Å². The Labute approximate surface area is 155 Å². The molecule has 2 amide bonds. The van der Waals surface area contributed by atoms with Crippen LogP contribution in [0.5, 0.6) is 5.75 Å². The molecular formula is C19H18N2O4S. The zero-order valence-corrected chi connectivity index (χ0v) is 15.2. The van der Waals surface area contributed by atoms with Crippen molar-refractivity contribution in [3.8, 4) is 5.75 Å². The monoisotopic (exact) mass is 370 g/mol. The number of hydrogen-bond acceptors (Lipinski definition) is 5. The lowest BCUT2D eigenvalue weighted by Gasteiger charge is -2.24. The number of benzene rings is 2. The Kier molecular flexibility index (Phi) is 5.27. The van der Waals surface area contributed by atoms with Gasteiger partial charge in [0.05, 0.1) is 10.9 Å². The molecule has 2 N–H and O–H groups in total. The fraction of sp³-hybridized carbons (Fsp3) is 0.211. The number of carbonyl (C=O) groups excluding carboxylic acids is 3. The van der Waals surface area contributed by atoms with Gasteiger partial charge in [0.25, 0.3) is 0 Å². The highest BCUT2D eigenvalue weighted by molar-refractivity contribution is 8.01. The Bertz CT molecular complexity index is 864. The number of rotatable bonds is 4. The molecule has 0 saturated carbocycles. The van der Waals surface area contributed by atoms with Crippen LogP contribution in [0.3, 0.4) is 0 Å². The highest BCUT2D eigenvalue weighted by Gasteiger charge is 2.29. The lowest BCUT2D eigenvalue weighted by molar-refractivity contribution is -0.131. The molecule has 0 fully saturated rings. The Morgan fingerprint density at radius 1 is 1.19 bits per heavy atom. The van der Waals surface area contributed by atoms with E-state index in [4.69, 9.17) is 4.74 Å². The molecule has 1 atom stereocenters. The molecule has 1 aliphatic rings. The summed E-state index contributed by atoms with van der Waals surface area (Å²) < 4.78 is 4.94. The van der Waals surface area contributed by atoms with Crippen LogP contribution in [0.1, 0.15) is 18.9 Å². The minimum atomic E-state index is -0.482. The van der Waals surface area contributed by atoms with Crippen LogP contribution in [0.25, 0.3) is 0 Å². The van der Waals surface area contributed by atoms with E-state index >= 15 is 0 Å². The maximum Gasteiger partial charge on any atom is 0.308 e. The molecule has 1 heterocycles. The number of carbonyl (C=O) groups is 3. The van der Waals surface area contributed by atoms with Crippen LogP contribution < -0.4 is 15.4 Å². The van der Waals surface area contributed by atoms with Gasteiger partial charge in [-0.1, -0.05) is 6.07 Å². The predicted octanol–water partition coefficient (Wildman–Crippen LogP) is 3.36. The summed E-state index contributed by atoms with van der Waals surface area (Å²) >= 11 is 1.40. The molecule has 1 aliphatic heterocycles. The number of thioether (sulfide) groups is 1. The Morgan fingerprint density at radius 2 is 1.92 bits per heavy atom. The normalized spacial score (nSPS) is 15.6. The van der Waals surface area contributed by atoms with Crippen molar-refractivity contribution in [3.63, 3.8) is 0 Å². The topological polar surface area (TPSA) is 84.5 Å². The van der Waals surface area contributed by atoms with E-state index in [1.165, 1.54) is 18.7 Å². The number of fused-ring (bicyclic) bond motifs is 1.